The van der Waals surface area contributed by atoms with Gasteiger partial charge in [-0.3, -0.25) is 14.6 Å². The molecule has 2 aromatic rings. The Morgan fingerprint density at radius 3 is 2.72 bits per heavy atom. The second kappa shape index (κ2) is 3.90. The Morgan fingerprint density at radius 1 is 1.28 bits per heavy atom. The average molecular weight is 245 g/mol. The minimum atomic E-state index is -0.0379. The van der Waals surface area contributed by atoms with E-state index >= 15 is 0 Å². The predicted octanol–water partition coefficient (Wildman–Crippen LogP) is 2.59. The molecule has 4 heteroatoms. The van der Waals surface area contributed by atoms with Gasteiger partial charge in [0.15, 0.2) is 0 Å². The summed E-state index contributed by atoms with van der Waals surface area (Å²) >= 11 is 0. The van der Waals surface area contributed by atoms with Gasteiger partial charge in [-0.1, -0.05) is 25.3 Å². The van der Waals surface area contributed by atoms with Crippen LogP contribution in [-0.4, -0.2) is 9.78 Å². The molecule has 1 aliphatic rings. The van der Waals surface area contributed by atoms with Gasteiger partial charge in [0.2, 0.25) is 0 Å². The monoisotopic (exact) mass is 245 g/mol. The van der Waals surface area contributed by atoms with E-state index in [0.717, 1.165) is 18.4 Å². The molecule has 0 aliphatic heterocycles. The van der Waals surface area contributed by atoms with Gasteiger partial charge in [0, 0.05) is 0 Å². The maximum absolute atomic E-state index is 12.0. The normalized spacial score (nSPS) is 19.2. The van der Waals surface area contributed by atoms with Crippen LogP contribution in [0, 0.1) is 0 Å². The molecule has 1 heterocycles. The third-order valence-corrected chi connectivity index (χ3v) is 4.22. The quantitative estimate of drug-likeness (QED) is 0.758. The maximum Gasteiger partial charge on any atom is 0.272 e. The fourth-order valence-corrected chi connectivity index (χ4v) is 3.15. The van der Waals surface area contributed by atoms with Gasteiger partial charge in [-0.2, -0.15) is 0 Å². The van der Waals surface area contributed by atoms with Crippen LogP contribution in [0.2, 0.25) is 0 Å². The van der Waals surface area contributed by atoms with E-state index in [1.807, 2.05) is 22.9 Å². The van der Waals surface area contributed by atoms with E-state index < -0.39 is 0 Å². The van der Waals surface area contributed by atoms with Gasteiger partial charge >= 0.3 is 0 Å². The van der Waals surface area contributed by atoms with Crippen molar-refractivity contribution in [3.8, 4) is 0 Å². The number of nitrogens with zero attached hydrogens (tertiary/aromatic N) is 1. The Morgan fingerprint density at radius 2 is 2.00 bits per heavy atom. The molecule has 1 aliphatic carbocycles. The Kier molecular flexibility index (Phi) is 2.47. The van der Waals surface area contributed by atoms with Crippen LogP contribution in [0.4, 0.5) is 5.69 Å². The summed E-state index contributed by atoms with van der Waals surface area (Å²) in [4.78, 5) is 12.0. The first kappa shape index (κ1) is 11.4. The summed E-state index contributed by atoms with van der Waals surface area (Å²) in [6.45, 7) is 2.22. The van der Waals surface area contributed by atoms with E-state index in [-0.39, 0.29) is 11.1 Å². The van der Waals surface area contributed by atoms with Crippen molar-refractivity contribution < 1.29 is 0 Å². The molecule has 1 fully saturated rings. The van der Waals surface area contributed by atoms with Gasteiger partial charge in [0.05, 0.1) is 22.1 Å². The van der Waals surface area contributed by atoms with Gasteiger partial charge in [0.25, 0.3) is 5.56 Å². The first-order valence-electron chi connectivity index (χ1n) is 6.61. The van der Waals surface area contributed by atoms with Crippen molar-refractivity contribution in [2.75, 3.05) is 5.73 Å². The highest BCUT2D eigenvalue weighted by molar-refractivity contribution is 5.89. The Hall–Kier alpha value is -1.71. The summed E-state index contributed by atoms with van der Waals surface area (Å²) in [7, 11) is 0. The van der Waals surface area contributed by atoms with Crippen molar-refractivity contribution in [3.05, 3.63) is 28.6 Å². The molecule has 3 N–H and O–H groups in total. The SMILES string of the molecule is CC1(n2[nH]c(=O)c3cccc(N)c32)CCCCC1. The van der Waals surface area contributed by atoms with Gasteiger partial charge < -0.3 is 5.73 Å². The molecule has 1 aromatic carbocycles. The minimum absolute atomic E-state index is 0.00532. The van der Waals surface area contributed by atoms with Crippen LogP contribution in [0.5, 0.6) is 0 Å². The second-order valence-corrected chi connectivity index (χ2v) is 5.58. The average Bonchev–Trinajstić information content (AvgIpc) is 2.70. The molecular formula is C14H19N3O. The highest BCUT2D eigenvalue weighted by Crippen LogP contribution is 2.36. The number of anilines is 1. The van der Waals surface area contributed by atoms with Gasteiger partial charge in [0.1, 0.15) is 0 Å². The molecule has 0 bridgehead atoms. The fraction of sp³-hybridized carbons (Fsp3) is 0.500. The number of hydrogen-bond donors (Lipinski definition) is 2. The molecule has 0 unspecified atom stereocenters. The van der Waals surface area contributed by atoms with Crippen LogP contribution in [-0.2, 0) is 5.54 Å². The lowest BCUT2D eigenvalue weighted by Crippen LogP contribution is -2.34. The zero-order valence-corrected chi connectivity index (χ0v) is 10.7. The zero-order valence-electron chi connectivity index (χ0n) is 10.7. The van der Waals surface area contributed by atoms with E-state index in [2.05, 4.69) is 12.0 Å². The highest BCUT2D eigenvalue weighted by atomic mass is 16.1. The molecule has 0 amide bonds. The zero-order chi connectivity index (χ0) is 12.8. The number of fused-ring (bicyclic) bond motifs is 1. The molecule has 0 atom stereocenters. The van der Waals surface area contributed by atoms with E-state index in [0.29, 0.717) is 11.1 Å². The van der Waals surface area contributed by atoms with Crippen LogP contribution in [0.1, 0.15) is 39.0 Å². The van der Waals surface area contributed by atoms with Crippen molar-refractivity contribution in [1.82, 2.24) is 9.78 Å². The third kappa shape index (κ3) is 1.55. The lowest BCUT2D eigenvalue weighted by Gasteiger charge is -2.35. The van der Waals surface area contributed by atoms with E-state index in [4.69, 9.17) is 5.73 Å². The molecular weight excluding hydrogens is 226 g/mol. The van der Waals surface area contributed by atoms with Gasteiger partial charge in [-0.25, -0.2) is 0 Å². The number of rotatable bonds is 1. The number of H-pyrrole nitrogens is 1. The number of benzene rings is 1. The third-order valence-electron chi connectivity index (χ3n) is 4.22. The Labute approximate surface area is 106 Å². The number of aromatic amines is 1. The standard InChI is InChI=1S/C14H19N3O/c1-14(8-3-2-4-9-14)17-12-10(13(18)16-17)6-5-7-11(12)15/h5-7H,2-4,8-9,15H2,1H3,(H,16,18). The van der Waals surface area contributed by atoms with Gasteiger partial charge in [-0.05, 0) is 31.9 Å². The molecule has 18 heavy (non-hydrogen) atoms. The number of hydrogen-bond acceptors (Lipinski definition) is 2. The molecule has 3 rings (SSSR count). The largest absolute Gasteiger partial charge is 0.397 e. The lowest BCUT2D eigenvalue weighted by molar-refractivity contribution is 0.204. The van der Waals surface area contributed by atoms with Gasteiger partial charge in [-0.15, -0.1) is 0 Å². The van der Waals surface area contributed by atoms with Crippen LogP contribution < -0.4 is 11.3 Å². The van der Waals surface area contributed by atoms with Crippen LogP contribution >= 0.6 is 0 Å². The minimum Gasteiger partial charge on any atom is -0.397 e. The summed E-state index contributed by atoms with van der Waals surface area (Å²) in [5.74, 6) is 0. The predicted molar refractivity (Wildman–Crippen MR) is 73.7 cm³/mol. The summed E-state index contributed by atoms with van der Waals surface area (Å²) in [6, 6.07) is 5.53. The number of aromatic nitrogens is 2. The Balaban J connectivity index is 2.26. The number of para-hydroxylation sites is 1. The van der Waals surface area contributed by atoms with Crippen molar-refractivity contribution in [2.24, 2.45) is 0 Å². The van der Waals surface area contributed by atoms with Crippen molar-refractivity contribution in [3.63, 3.8) is 0 Å². The van der Waals surface area contributed by atoms with Crippen molar-refractivity contribution in [2.45, 2.75) is 44.6 Å². The van der Waals surface area contributed by atoms with Crippen molar-refractivity contribution in [1.29, 1.82) is 0 Å². The second-order valence-electron chi connectivity index (χ2n) is 5.58. The van der Waals surface area contributed by atoms with Crippen molar-refractivity contribution >= 4 is 16.6 Å². The van der Waals surface area contributed by atoms with Crippen LogP contribution in [0.3, 0.4) is 0 Å². The summed E-state index contributed by atoms with van der Waals surface area (Å²) in [6.07, 6.45) is 5.91. The molecule has 96 valence electrons. The van der Waals surface area contributed by atoms with Crippen LogP contribution in [0.25, 0.3) is 10.9 Å². The number of nitrogens with two attached hydrogens (primary N) is 1. The summed E-state index contributed by atoms with van der Waals surface area (Å²) in [5.41, 5.74) is 7.56. The maximum atomic E-state index is 12.0. The smallest absolute Gasteiger partial charge is 0.272 e. The number of nitrogen functional groups attached to an aromatic ring is 1. The summed E-state index contributed by atoms with van der Waals surface area (Å²) in [5, 5.41) is 3.68. The highest BCUT2D eigenvalue weighted by Gasteiger charge is 2.31. The molecule has 0 spiro atoms. The molecule has 4 nitrogen and oxygen atoms in total. The summed E-state index contributed by atoms with van der Waals surface area (Å²) < 4.78 is 2.01. The fourth-order valence-electron chi connectivity index (χ4n) is 3.15. The molecule has 1 aromatic heterocycles. The molecule has 0 saturated heterocycles. The van der Waals surface area contributed by atoms with E-state index in [1.54, 1.807) is 0 Å². The first-order chi connectivity index (χ1) is 8.62. The topological polar surface area (TPSA) is 63.8 Å². The van der Waals surface area contributed by atoms with E-state index in [1.165, 1.54) is 19.3 Å². The number of nitrogens with one attached hydrogen (secondary N) is 1. The Bertz CT molecular complexity index is 632. The van der Waals surface area contributed by atoms with Crippen LogP contribution in [0.15, 0.2) is 23.0 Å². The first-order valence-corrected chi connectivity index (χ1v) is 6.61. The molecule has 1 saturated carbocycles. The van der Waals surface area contributed by atoms with E-state index in [9.17, 15) is 4.79 Å². The lowest BCUT2D eigenvalue weighted by atomic mass is 9.83. The molecule has 0 radical (unpaired) electrons.